The number of hydrogen-bond donors (Lipinski definition) is 0. The van der Waals surface area contributed by atoms with Crippen molar-refractivity contribution in [2.75, 3.05) is 0 Å². The highest BCUT2D eigenvalue weighted by Gasteiger charge is 2.25. The van der Waals surface area contributed by atoms with Crippen molar-refractivity contribution in [3.63, 3.8) is 0 Å². The lowest BCUT2D eigenvalue weighted by atomic mass is 9.85. The van der Waals surface area contributed by atoms with Gasteiger partial charge in [-0.3, -0.25) is 0 Å². The molecule has 1 heterocycles. The fraction of sp³-hybridized carbons (Fsp3) is 0.765. The number of ether oxygens (including phenoxy) is 1. The number of nitrogens with zero attached hydrogens (tertiary/aromatic N) is 2. The molecule has 3 nitrogen and oxygen atoms in total. The summed E-state index contributed by atoms with van der Waals surface area (Å²) in [4.78, 5) is 9.03. The van der Waals surface area contributed by atoms with E-state index in [1.54, 1.807) is 0 Å². The summed E-state index contributed by atoms with van der Waals surface area (Å²) in [7, 11) is 0. The van der Waals surface area contributed by atoms with Crippen molar-refractivity contribution in [3.05, 3.63) is 16.5 Å². The molecule has 1 aromatic rings. The molecule has 1 aromatic heterocycles. The average molecular weight is 311 g/mol. The van der Waals surface area contributed by atoms with Gasteiger partial charge in [0.05, 0.1) is 0 Å². The largest absolute Gasteiger partial charge is 0.474 e. The van der Waals surface area contributed by atoms with Crippen LogP contribution in [0.2, 0.25) is 5.15 Å². The molecule has 0 bridgehead atoms. The zero-order chi connectivity index (χ0) is 15.6. The molecule has 0 saturated heterocycles. The van der Waals surface area contributed by atoms with Crippen molar-refractivity contribution < 1.29 is 4.74 Å². The van der Waals surface area contributed by atoms with Crippen molar-refractivity contribution in [1.82, 2.24) is 9.97 Å². The van der Waals surface area contributed by atoms with E-state index >= 15 is 0 Å². The van der Waals surface area contributed by atoms with Crippen LogP contribution >= 0.6 is 11.6 Å². The van der Waals surface area contributed by atoms with Crippen molar-refractivity contribution in [1.29, 1.82) is 0 Å². The van der Waals surface area contributed by atoms with Crippen LogP contribution in [0.3, 0.4) is 0 Å². The molecule has 4 heteroatoms. The monoisotopic (exact) mass is 310 g/mol. The Bertz CT molecular complexity index is 496. The molecule has 21 heavy (non-hydrogen) atoms. The normalized spacial score (nSPS) is 23.1. The Morgan fingerprint density at radius 2 is 1.95 bits per heavy atom. The molecule has 1 aliphatic rings. The molecule has 1 saturated carbocycles. The second kappa shape index (κ2) is 6.51. The van der Waals surface area contributed by atoms with E-state index in [4.69, 9.17) is 16.3 Å². The standard InChI is InChI=1S/C17H27ClN2O/c1-6-12-8-7-9-13(10-12)21-15-11(2)14(18)19-16(20-15)17(3,4)5/h12-13H,6-10H2,1-5H3. The van der Waals surface area contributed by atoms with Crippen molar-refractivity contribution in [2.24, 2.45) is 5.92 Å². The zero-order valence-electron chi connectivity index (χ0n) is 13.9. The highest BCUT2D eigenvalue weighted by molar-refractivity contribution is 6.30. The Morgan fingerprint density at radius 3 is 2.57 bits per heavy atom. The highest BCUT2D eigenvalue weighted by atomic mass is 35.5. The Balaban J connectivity index is 2.21. The smallest absolute Gasteiger partial charge is 0.221 e. The number of rotatable bonds is 3. The minimum atomic E-state index is -0.131. The Kier molecular flexibility index (Phi) is 5.13. The van der Waals surface area contributed by atoms with Crippen LogP contribution < -0.4 is 4.74 Å². The summed E-state index contributed by atoms with van der Waals surface area (Å²) in [6.45, 7) is 10.5. The Hall–Kier alpha value is -0.830. The summed E-state index contributed by atoms with van der Waals surface area (Å²) < 4.78 is 6.20. The predicted molar refractivity (Wildman–Crippen MR) is 87.1 cm³/mol. The molecule has 0 radical (unpaired) electrons. The van der Waals surface area contributed by atoms with Gasteiger partial charge in [0.25, 0.3) is 0 Å². The van der Waals surface area contributed by atoms with Crippen LogP contribution in [0.15, 0.2) is 0 Å². The first kappa shape index (κ1) is 16.5. The van der Waals surface area contributed by atoms with E-state index in [9.17, 15) is 0 Å². The molecule has 0 spiro atoms. The third kappa shape index (κ3) is 4.09. The summed E-state index contributed by atoms with van der Waals surface area (Å²) in [6.07, 6.45) is 6.31. The van der Waals surface area contributed by atoms with Crippen LogP contribution in [0.5, 0.6) is 5.88 Å². The van der Waals surface area contributed by atoms with Crippen molar-refractivity contribution in [2.45, 2.75) is 78.2 Å². The van der Waals surface area contributed by atoms with Gasteiger partial charge in [-0.25, -0.2) is 4.98 Å². The topological polar surface area (TPSA) is 35.0 Å². The second-order valence-electron chi connectivity index (χ2n) is 7.20. The maximum Gasteiger partial charge on any atom is 0.221 e. The van der Waals surface area contributed by atoms with Crippen LogP contribution in [-0.2, 0) is 5.41 Å². The molecule has 118 valence electrons. The molecule has 2 unspecified atom stereocenters. The number of halogens is 1. The summed E-state index contributed by atoms with van der Waals surface area (Å²) in [5, 5.41) is 0.507. The quantitative estimate of drug-likeness (QED) is 0.730. The van der Waals surface area contributed by atoms with Gasteiger partial charge in [-0.2, -0.15) is 4.98 Å². The van der Waals surface area contributed by atoms with Crippen LogP contribution in [0.1, 0.15) is 71.2 Å². The lowest BCUT2D eigenvalue weighted by Gasteiger charge is -2.29. The highest BCUT2D eigenvalue weighted by Crippen LogP contribution is 2.32. The number of hydrogen-bond acceptors (Lipinski definition) is 3. The lowest BCUT2D eigenvalue weighted by Crippen LogP contribution is -2.26. The molecule has 1 aliphatic carbocycles. The SMILES string of the molecule is CCC1CCCC(Oc2nc(C(C)(C)C)nc(Cl)c2C)C1. The fourth-order valence-electron chi connectivity index (χ4n) is 2.80. The van der Waals surface area contributed by atoms with Crippen LogP contribution in [-0.4, -0.2) is 16.1 Å². The molecule has 0 aliphatic heterocycles. The summed E-state index contributed by atoms with van der Waals surface area (Å²) >= 11 is 6.27. The fourth-order valence-corrected chi connectivity index (χ4v) is 2.96. The van der Waals surface area contributed by atoms with Crippen molar-refractivity contribution in [3.8, 4) is 5.88 Å². The molecular formula is C17H27ClN2O. The van der Waals surface area contributed by atoms with E-state index in [1.165, 1.54) is 19.3 Å². The maximum atomic E-state index is 6.27. The van der Waals surface area contributed by atoms with Gasteiger partial charge in [0.2, 0.25) is 5.88 Å². The number of aromatic nitrogens is 2. The molecule has 0 aromatic carbocycles. The Morgan fingerprint density at radius 1 is 1.24 bits per heavy atom. The van der Waals surface area contributed by atoms with Gasteiger partial charge in [0, 0.05) is 11.0 Å². The van der Waals surface area contributed by atoms with E-state index in [0.29, 0.717) is 11.0 Å². The minimum absolute atomic E-state index is 0.131. The lowest BCUT2D eigenvalue weighted by molar-refractivity contribution is 0.115. The third-order valence-corrected chi connectivity index (χ3v) is 4.67. The summed E-state index contributed by atoms with van der Waals surface area (Å²) in [5.41, 5.74) is 0.719. The van der Waals surface area contributed by atoms with E-state index in [2.05, 4.69) is 37.7 Å². The maximum absolute atomic E-state index is 6.27. The van der Waals surface area contributed by atoms with Gasteiger partial charge >= 0.3 is 0 Å². The average Bonchev–Trinajstić information content (AvgIpc) is 2.42. The van der Waals surface area contributed by atoms with E-state index in [-0.39, 0.29) is 11.5 Å². The predicted octanol–water partition coefficient (Wildman–Crippen LogP) is 5.08. The van der Waals surface area contributed by atoms with E-state index in [1.807, 2.05) is 6.92 Å². The molecule has 2 atom stereocenters. The zero-order valence-corrected chi connectivity index (χ0v) is 14.6. The van der Waals surface area contributed by atoms with Crippen LogP contribution in [0, 0.1) is 12.8 Å². The van der Waals surface area contributed by atoms with Crippen LogP contribution in [0.25, 0.3) is 0 Å². The van der Waals surface area contributed by atoms with Gasteiger partial charge in [0.15, 0.2) is 0 Å². The second-order valence-corrected chi connectivity index (χ2v) is 7.56. The molecule has 0 N–H and O–H groups in total. The third-order valence-electron chi connectivity index (χ3n) is 4.30. The molecular weight excluding hydrogens is 284 g/mol. The first-order chi connectivity index (χ1) is 9.81. The van der Waals surface area contributed by atoms with Crippen molar-refractivity contribution >= 4 is 11.6 Å². The first-order valence-corrected chi connectivity index (χ1v) is 8.40. The van der Waals surface area contributed by atoms with Gasteiger partial charge in [-0.15, -0.1) is 0 Å². The van der Waals surface area contributed by atoms with Crippen LogP contribution in [0.4, 0.5) is 0 Å². The molecule has 2 rings (SSSR count). The van der Waals surface area contributed by atoms with Gasteiger partial charge in [-0.1, -0.05) is 52.1 Å². The summed E-state index contributed by atoms with van der Waals surface area (Å²) in [5.74, 6) is 2.20. The molecule has 1 fully saturated rings. The van der Waals surface area contributed by atoms with Gasteiger partial charge in [-0.05, 0) is 32.1 Å². The Labute approximate surface area is 133 Å². The van der Waals surface area contributed by atoms with Gasteiger partial charge < -0.3 is 4.74 Å². The summed E-state index contributed by atoms with van der Waals surface area (Å²) in [6, 6.07) is 0. The first-order valence-electron chi connectivity index (χ1n) is 8.02. The van der Waals surface area contributed by atoms with Gasteiger partial charge in [0.1, 0.15) is 17.1 Å². The molecule has 0 amide bonds. The minimum Gasteiger partial charge on any atom is -0.474 e. The van der Waals surface area contributed by atoms with E-state index in [0.717, 1.165) is 30.1 Å². The van der Waals surface area contributed by atoms with E-state index < -0.39 is 0 Å².